The first-order valence-corrected chi connectivity index (χ1v) is 7.97. The van der Waals surface area contributed by atoms with Gasteiger partial charge < -0.3 is 0 Å². The van der Waals surface area contributed by atoms with E-state index in [9.17, 15) is 0 Å². The van der Waals surface area contributed by atoms with Gasteiger partial charge in [-0.1, -0.05) is 15.9 Å². The first-order chi connectivity index (χ1) is 7.78. The highest BCUT2D eigenvalue weighted by molar-refractivity contribution is 9.09. The number of hydrogen-bond donors (Lipinski definition) is 0. The molecule has 2 rings (SSSR count). The summed E-state index contributed by atoms with van der Waals surface area (Å²) in [6.07, 6.45) is 4.06. The van der Waals surface area contributed by atoms with E-state index in [2.05, 4.69) is 38.1 Å². The molecule has 1 unspecified atom stereocenters. The van der Waals surface area contributed by atoms with Crippen molar-refractivity contribution < 1.29 is 0 Å². The zero-order valence-electron chi connectivity index (χ0n) is 9.79. The monoisotopic (exact) mass is 302 g/mol. The molecule has 1 fully saturated rings. The molecule has 0 aliphatic carbocycles. The maximum atomic E-state index is 4.54. The van der Waals surface area contributed by atoms with Gasteiger partial charge in [-0.3, -0.25) is 4.90 Å². The van der Waals surface area contributed by atoms with Crippen LogP contribution in [0.1, 0.15) is 30.0 Å². The van der Waals surface area contributed by atoms with Crippen molar-refractivity contribution in [2.24, 2.45) is 5.92 Å². The Bertz CT molecular complexity index is 325. The average molecular weight is 303 g/mol. The highest BCUT2D eigenvalue weighted by Crippen LogP contribution is 2.22. The quantitative estimate of drug-likeness (QED) is 0.792. The summed E-state index contributed by atoms with van der Waals surface area (Å²) in [5.41, 5.74) is 1.16. The van der Waals surface area contributed by atoms with Crippen LogP contribution in [0.25, 0.3) is 0 Å². The number of piperidine rings is 1. The van der Waals surface area contributed by atoms with Crippen LogP contribution in [-0.2, 0) is 6.54 Å². The normalized spacial score (nSPS) is 22.5. The van der Waals surface area contributed by atoms with E-state index in [4.69, 9.17) is 0 Å². The van der Waals surface area contributed by atoms with Gasteiger partial charge in [0.05, 0.1) is 6.54 Å². The zero-order valence-corrected chi connectivity index (χ0v) is 12.2. The average Bonchev–Trinajstić information content (AvgIpc) is 2.65. The molecule has 4 heteroatoms. The second kappa shape index (κ2) is 6.12. The van der Waals surface area contributed by atoms with Gasteiger partial charge in [0, 0.05) is 22.9 Å². The first kappa shape index (κ1) is 12.5. The molecule has 0 aromatic carbocycles. The summed E-state index contributed by atoms with van der Waals surface area (Å²) in [6.45, 7) is 5.63. The fraction of sp³-hybridized carbons (Fsp3) is 0.750. The molecular formula is C12H19BrN2S. The predicted molar refractivity (Wildman–Crippen MR) is 73.3 cm³/mol. The van der Waals surface area contributed by atoms with Crippen molar-refractivity contribution in [2.45, 2.75) is 32.7 Å². The Kier molecular flexibility index (Phi) is 4.79. The molecule has 0 bridgehead atoms. The number of likely N-dealkylation sites (tertiary alicyclic amines) is 1. The van der Waals surface area contributed by atoms with Crippen LogP contribution in [0.5, 0.6) is 0 Å². The predicted octanol–water partition coefficient (Wildman–Crippen LogP) is 3.45. The second-order valence-electron chi connectivity index (χ2n) is 4.60. The van der Waals surface area contributed by atoms with Crippen molar-refractivity contribution in [1.29, 1.82) is 0 Å². The zero-order chi connectivity index (χ0) is 11.4. The van der Waals surface area contributed by atoms with E-state index in [1.54, 1.807) is 11.3 Å². The van der Waals surface area contributed by atoms with Gasteiger partial charge in [0.2, 0.25) is 0 Å². The van der Waals surface area contributed by atoms with Crippen LogP contribution < -0.4 is 0 Å². The maximum absolute atomic E-state index is 4.54. The van der Waals surface area contributed by atoms with Crippen LogP contribution in [0.4, 0.5) is 0 Å². The van der Waals surface area contributed by atoms with Crippen LogP contribution in [-0.4, -0.2) is 28.3 Å². The Hall–Kier alpha value is 0.0700. The van der Waals surface area contributed by atoms with Gasteiger partial charge in [-0.05, 0) is 38.6 Å². The minimum absolute atomic E-state index is 0.884. The molecule has 90 valence electrons. The van der Waals surface area contributed by atoms with E-state index < -0.39 is 0 Å². The summed E-state index contributed by atoms with van der Waals surface area (Å²) in [4.78, 5) is 7.11. The minimum Gasteiger partial charge on any atom is -0.296 e. The fourth-order valence-electron chi connectivity index (χ4n) is 2.35. The molecule has 1 aliphatic rings. The van der Waals surface area contributed by atoms with Gasteiger partial charge in [-0.15, -0.1) is 11.3 Å². The van der Waals surface area contributed by atoms with Gasteiger partial charge in [-0.25, -0.2) is 4.98 Å². The molecule has 2 nitrogen and oxygen atoms in total. The van der Waals surface area contributed by atoms with Crippen LogP contribution in [0, 0.1) is 12.8 Å². The van der Waals surface area contributed by atoms with E-state index in [1.165, 1.54) is 37.4 Å². The lowest BCUT2D eigenvalue weighted by Gasteiger charge is -2.31. The van der Waals surface area contributed by atoms with E-state index >= 15 is 0 Å². The largest absolute Gasteiger partial charge is 0.296 e. The Morgan fingerprint density at radius 1 is 1.62 bits per heavy atom. The molecular weight excluding hydrogens is 284 g/mol. The maximum Gasteiger partial charge on any atom is 0.107 e. The van der Waals surface area contributed by atoms with Gasteiger partial charge in [0.15, 0.2) is 0 Å². The standard InChI is InChI=1S/C12H19BrN2S/c1-10-9-16-12(14-10)8-15-6-2-3-11(7-15)4-5-13/h9,11H,2-8H2,1H3. The van der Waals surface area contributed by atoms with Gasteiger partial charge in [-0.2, -0.15) is 0 Å². The molecule has 2 heterocycles. The molecule has 0 spiro atoms. The summed E-state index contributed by atoms with van der Waals surface area (Å²) in [5, 5.41) is 4.56. The summed E-state index contributed by atoms with van der Waals surface area (Å²) < 4.78 is 0. The molecule has 0 amide bonds. The number of nitrogens with zero attached hydrogens (tertiary/aromatic N) is 2. The Labute approximate surface area is 110 Å². The third kappa shape index (κ3) is 3.54. The van der Waals surface area contributed by atoms with Crippen molar-refractivity contribution in [3.05, 3.63) is 16.1 Å². The Morgan fingerprint density at radius 3 is 3.19 bits per heavy atom. The van der Waals surface area contributed by atoms with E-state index in [1.807, 2.05) is 0 Å². The topological polar surface area (TPSA) is 16.1 Å². The van der Waals surface area contributed by atoms with Crippen molar-refractivity contribution in [1.82, 2.24) is 9.88 Å². The van der Waals surface area contributed by atoms with Crippen LogP contribution in [0.3, 0.4) is 0 Å². The van der Waals surface area contributed by atoms with Crippen LogP contribution in [0.2, 0.25) is 0 Å². The molecule has 1 saturated heterocycles. The number of halogens is 1. The van der Waals surface area contributed by atoms with E-state index in [0.717, 1.165) is 23.5 Å². The van der Waals surface area contributed by atoms with E-state index in [0.29, 0.717) is 0 Å². The third-order valence-corrected chi connectivity index (χ3v) is 4.56. The molecule has 0 radical (unpaired) electrons. The van der Waals surface area contributed by atoms with Crippen molar-refractivity contribution in [2.75, 3.05) is 18.4 Å². The highest BCUT2D eigenvalue weighted by Gasteiger charge is 2.19. The minimum atomic E-state index is 0.884. The molecule has 1 aromatic heterocycles. The number of aromatic nitrogens is 1. The summed E-state index contributed by atoms with van der Waals surface area (Å²) in [6, 6.07) is 0. The lowest BCUT2D eigenvalue weighted by atomic mass is 9.96. The number of hydrogen-bond acceptors (Lipinski definition) is 3. The van der Waals surface area contributed by atoms with Gasteiger partial charge >= 0.3 is 0 Å². The highest BCUT2D eigenvalue weighted by atomic mass is 79.9. The molecule has 1 aliphatic heterocycles. The van der Waals surface area contributed by atoms with Gasteiger partial charge in [0.1, 0.15) is 5.01 Å². The van der Waals surface area contributed by atoms with Crippen LogP contribution >= 0.6 is 27.3 Å². The third-order valence-electron chi connectivity index (χ3n) is 3.15. The molecule has 1 aromatic rings. The number of thiazole rings is 1. The van der Waals surface area contributed by atoms with Crippen molar-refractivity contribution in [3.8, 4) is 0 Å². The molecule has 0 saturated carbocycles. The number of aryl methyl sites for hydroxylation is 1. The second-order valence-corrected chi connectivity index (χ2v) is 6.34. The molecule has 1 atom stereocenters. The smallest absolute Gasteiger partial charge is 0.107 e. The lowest BCUT2D eigenvalue weighted by molar-refractivity contribution is 0.165. The first-order valence-electron chi connectivity index (χ1n) is 5.97. The Balaban J connectivity index is 1.85. The molecule has 16 heavy (non-hydrogen) atoms. The van der Waals surface area contributed by atoms with Gasteiger partial charge in [0.25, 0.3) is 0 Å². The number of alkyl halides is 1. The Morgan fingerprint density at radius 2 is 2.50 bits per heavy atom. The summed E-state index contributed by atoms with van der Waals surface area (Å²) >= 11 is 5.34. The lowest BCUT2D eigenvalue weighted by Crippen LogP contribution is -2.35. The number of rotatable bonds is 4. The summed E-state index contributed by atoms with van der Waals surface area (Å²) in [7, 11) is 0. The van der Waals surface area contributed by atoms with Crippen molar-refractivity contribution in [3.63, 3.8) is 0 Å². The summed E-state index contributed by atoms with van der Waals surface area (Å²) in [5.74, 6) is 0.884. The molecule has 0 N–H and O–H groups in total. The fourth-order valence-corrected chi connectivity index (χ4v) is 3.81. The van der Waals surface area contributed by atoms with Crippen LogP contribution in [0.15, 0.2) is 5.38 Å². The SMILES string of the molecule is Cc1csc(CN2CCCC(CCBr)C2)n1. The van der Waals surface area contributed by atoms with E-state index in [-0.39, 0.29) is 0 Å². The van der Waals surface area contributed by atoms with Crippen molar-refractivity contribution >= 4 is 27.3 Å².